The normalized spacial score (nSPS) is 11.3. The van der Waals surface area contributed by atoms with E-state index in [0.29, 0.717) is 29.2 Å². The van der Waals surface area contributed by atoms with E-state index in [1.165, 1.54) is 30.5 Å². The number of hydrazone groups is 1. The molecule has 0 bridgehead atoms. The number of nitrogens with zero attached hydrogens (tertiary/aromatic N) is 2. The van der Waals surface area contributed by atoms with Crippen LogP contribution in [0.25, 0.3) is 0 Å². The van der Waals surface area contributed by atoms with Crippen molar-refractivity contribution in [3.63, 3.8) is 0 Å². The van der Waals surface area contributed by atoms with Crippen LogP contribution in [0.2, 0.25) is 0 Å². The van der Waals surface area contributed by atoms with Crippen LogP contribution in [0, 0.1) is 10.1 Å². The van der Waals surface area contributed by atoms with E-state index in [-0.39, 0.29) is 24.3 Å². The van der Waals surface area contributed by atoms with Gasteiger partial charge in [0.1, 0.15) is 6.61 Å². The minimum Gasteiger partial charge on any atom is -0.490 e. The molecule has 8 nitrogen and oxygen atoms in total. The van der Waals surface area contributed by atoms with Crippen molar-refractivity contribution in [2.75, 3.05) is 6.61 Å². The number of halogens is 3. The van der Waals surface area contributed by atoms with Crippen molar-refractivity contribution in [2.24, 2.45) is 5.10 Å². The summed E-state index contributed by atoms with van der Waals surface area (Å²) in [7, 11) is 0. The van der Waals surface area contributed by atoms with Crippen LogP contribution in [0.5, 0.6) is 11.5 Å². The highest BCUT2D eigenvalue weighted by atomic mass is 19.4. The standard InChI is InChI=1S/C25H22F3N3O5/c1-2-35-23-13-18(9-10-22(23)36-16-19-6-4-8-21(12-19)31(33)34)15-29-30-24(32)14-17-5-3-7-20(11-17)25(26,27)28/h3-13,15H,2,14,16H2,1H3,(H,30,32)/b29-15+. The number of amides is 1. The minimum atomic E-state index is -4.49. The number of nitro groups is 1. The van der Waals surface area contributed by atoms with Crippen LogP contribution in [-0.4, -0.2) is 23.7 Å². The number of rotatable bonds is 10. The molecule has 0 spiro atoms. The van der Waals surface area contributed by atoms with E-state index in [2.05, 4.69) is 10.5 Å². The molecule has 0 fully saturated rings. The Bertz CT molecular complexity index is 1260. The van der Waals surface area contributed by atoms with Crippen LogP contribution in [-0.2, 0) is 24.0 Å². The number of carbonyl (C=O) groups excluding carboxylic acids is 1. The van der Waals surface area contributed by atoms with Gasteiger partial charge in [-0.25, -0.2) is 5.43 Å². The molecule has 11 heteroatoms. The molecule has 0 radical (unpaired) electrons. The van der Waals surface area contributed by atoms with E-state index >= 15 is 0 Å². The molecule has 0 aliphatic rings. The molecule has 36 heavy (non-hydrogen) atoms. The summed E-state index contributed by atoms with van der Waals surface area (Å²) in [6.07, 6.45) is -3.40. The molecule has 0 aromatic heterocycles. The molecule has 0 aliphatic heterocycles. The Morgan fingerprint density at radius 2 is 1.78 bits per heavy atom. The number of hydrogen-bond donors (Lipinski definition) is 1. The Labute approximate surface area is 204 Å². The number of alkyl halides is 3. The third-order valence-corrected chi connectivity index (χ3v) is 4.81. The third-order valence-electron chi connectivity index (χ3n) is 4.81. The fourth-order valence-corrected chi connectivity index (χ4v) is 3.17. The Balaban J connectivity index is 1.62. The monoisotopic (exact) mass is 501 g/mol. The van der Waals surface area contributed by atoms with Gasteiger partial charge in [0.25, 0.3) is 5.69 Å². The zero-order chi connectivity index (χ0) is 26.1. The molecular weight excluding hydrogens is 479 g/mol. The van der Waals surface area contributed by atoms with Crippen molar-refractivity contribution in [1.82, 2.24) is 5.43 Å². The lowest BCUT2D eigenvalue weighted by Gasteiger charge is -2.12. The van der Waals surface area contributed by atoms with Crippen LogP contribution in [0.4, 0.5) is 18.9 Å². The molecule has 0 heterocycles. The summed E-state index contributed by atoms with van der Waals surface area (Å²) in [5.41, 5.74) is 2.81. The predicted octanol–water partition coefficient (Wildman–Crippen LogP) is 5.28. The molecule has 1 amide bonds. The van der Waals surface area contributed by atoms with Gasteiger partial charge in [-0.2, -0.15) is 18.3 Å². The van der Waals surface area contributed by atoms with E-state index in [9.17, 15) is 28.1 Å². The lowest BCUT2D eigenvalue weighted by atomic mass is 10.1. The van der Waals surface area contributed by atoms with Gasteiger partial charge in [-0.05, 0) is 47.9 Å². The lowest BCUT2D eigenvalue weighted by Crippen LogP contribution is -2.20. The Hall–Kier alpha value is -4.41. The molecule has 0 saturated heterocycles. The maximum Gasteiger partial charge on any atom is 0.416 e. The first kappa shape index (κ1) is 26.2. The van der Waals surface area contributed by atoms with E-state index < -0.39 is 22.6 Å². The van der Waals surface area contributed by atoms with Gasteiger partial charge < -0.3 is 9.47 Å². The summed E-state index contributed by atoms with van der Waals surface area (Å²) in [6.45, 7) is 2.22. The fraction of sp³-hybridized carbons (Fsp3) is 0.200. The van der Waals surface area contributed by atoms with Crippen LogP contribution in [0.3, 0.4) is 0 Å². The zero-order valence-corrected chi connectivity index (χ0v) is 19.1. The smallest absolute Gasteiger partial charge is 0.416 e. The van der Waals surface area contributed by atoms with Crippen LogP contribution < -0.4 is 14.9 Å². The van der Waals surface area contributed by atoms with Crippen molar-refractivity contribution in [1.29, 1.82) is 0 Å². The third kappa shape index (κ3) is 7.55. The number of non-ortho nitro benzene ring substituents is 1. The number of nitro benzene ring substituents is 1. The van der Waals surface area contributed by atoms with Gasteiger partial charge in [-0.3, -0.25) is 14.9 Å². The molecule has 1 N–H and O–H groups in total. The second kappa shape index (κ2) is 11.8. The summed E-state index contributed by atoms with van der Waals surface area (Å²) in [4.78, 5) is 22.5. The quantitative estimate of drug-likeness (QED) is 0.231. The molecular formula is C25H22F3N3O5. The van der Waals surface area contributed by atoms with E-state index in [0.717, 1.165) is 12.1 Å². The van der Waals surface area contributed by atoms with Crippen LogP contribution in [0.15, 0.2) is 71.8 Å². The Morgan fingerprint density at radius 3 is 2.50 bits per heavy atom. The molecule has 0 unspecified atom stereocenters. The zero-order valence-electron chi connectivity index (χ0n) is 19.1. The first-order valence-corrected chi connectivity index (χ1v) is 10.8. The van der Waals surface area contributed by atoms with Gasteiger partial charge in [0.2, 0.25) is 5.91 Å². The second-order valence-corrected chi connectivity index (χ2v) is 7.52. The van der Waals surface area contributed by atoms with Gasteiger partial charge >= 0.3 is 6.18 Å². The molecule has 0 atom stereocenters. The molecule has 0 saturated carbocycles. The fourth-order valence-electron chi connectivity index (χ4n) is 3.17. The second-order valence-electron chi connectivity index (χ2n) is 7.52. The topological polar surface area (TPSA) is 103 Å². The minimum absolute atomic E-state index is 0.0391. The van der Waals surface area contributed by atoms with Crippen molar-refractivity contribution in [2.45, 2.75) is 26.1 Å². The highest BCUT2D eigenvalue weighted by Gasteiger charge is 2.30. The number of ether oxygens (including phenoxy) is 2. The van der Waals surface area contributed by atoms with Crippen LogP contribution >= 0.6 is 0 Å². The summed E-state index contributed by atoms with van der Waals surface area (Å²) in [5.74, 6) is 0.240. The van der Waals surface area contributed by atoms with Gasteiger partial charge in [-0.15, -0.1) is 0 Å². The summed E-state index contributed by atoms with van der Waals surface area (Å²) in [5, 5.41) is 14.8. The highest BCUT2D eigenvalue weighted by Crippen LogP contribution is 2.30. The van der Waals surface area contributed by atoms with Gasteiger partial charge in [-0.1, -0.05) is 30.3 Å². The summed E-state index contributed by atoms with van der Waals surface area (Å²) in [6, 6.07) is 15.5. The number of nitrogens with one attached hydrogen (secondary N) is 1. The molecule has 188 valence electrons. The first-order chi connectivity index (χ1) is 17.2. The number of hydrogen-bond acceptors (Lipinski definition) is 6. The Kier molecular flexibility index (Phi) is 8.61. The molecule has 3 rings (SSSR count). The molecule has 3 aromatic rings. The van der Waals surface area contributed by atoms with Crippen molar-refractivity contribution in [3.05, 3.63) is 99.1 Å². The molecule has 3 aromatic carbocycles. The van der Waals surface area contributed by atoms with E-state index in [4.69, 9.17) is 9.47 Å². The Morgan fingerprint density at radius 1 is 1.03 bits per heavy atom. The van der Waals surface area contributed by atoms with Crippen LogP contribution in [0.1, 0.15) is 29.2 Å². The van der Waals surface area contributed by atoms with Crippen molar-refractivity contribution >= 4 is 17.8 Å². The van der Waals surface area contributed by atoms with Gasteiger partial charge in [0.05, 0.1) is 29.7 Å². The van der Waals surface area contributed by atoms with Gasteiger partial charge in [0.15, 0.2) is 11.5 Å². The van der Waals surface area contributed by atoms with Crippen molar-refractivity contribution < 1.29 is 32.4 Å². The summed E-state index contributed by atoms with van der Waals surface area (Å²) < 4.78 is 49.8. The van der Waals surface area contributed by atoms with E-state index in [1.807, 2.05) is 0 Å². The van der Waals surface area contributed by atoms with Gasteiger partial charge in [0, 0.05) is 12.1 Å². The maximum absolute atomic E-state index is 12.8. The average Bonchev–Trinajstić information content (AvgIpc) is 2.83. The predicted molar refractivity (Wildman–Crippen MR) is 126 cm³/mol. The lowest BCUT2D eigenvalue weighted by molar-refractivity contribution is -0.384. The SMILES string of the molecule is CCOc1cc(/C=N/NC(=O)Cc2cccc(C(F)(F)F)c2)ccc1OCc1cccc([N+](=O)[O-])c1. The number of carbonyl (C=O) groups is 1. The number of benzene rings is 3. The van der Waals surface area contributed by atoms with E-state index in [1.54, 1.807) is 37.3 Å². The summed E-state index contributed by atoms with van der Waals surface area (Å²) >= 11 is 0. The first-order valence-electron chi connectivity index (χ1n) is 10.8. The molecule has 0 aliphatic carbocycles. The highest BCUT2D eigenvalue weighted by molar-refractivity contribution is 5.84. The van der Waals surface area contributed by atoms with Crippen molar-refractivity contribution in [3.8, 4) is 11.5 Å². The average molecular weight is 501 g/mol. The largest absolute Gasteiger partial charge is 0.490 e. The maximum atomic E-state index is 12.8.